The van der Waals surface area contributed by atoms with Gasteiger partial charge in [-0.25, -0.2) is 8.42 Å². The number of carbonyl (C=O) groups excluding carboxylic acids is 1. The van der Waals surface area contributed by atoms with Gasteiger partial charge in [-0.3, -0.25) is 14.9 Å². The lowest BCUT2D eigenvalue weighted by Crippen LogP contribution is -2.43. The summed E-state index contributed by atoms with van der Waals surface area (Å²) >= 11 is 1.49. The third-order valence-corrected chi connectivity index (χ3v) is 8.35. The molecule has 2 heterocycles. The van der Waals surface area contributed by atoms with Crippen molar-refractivity contribution in [3.63, 3.8) is 0 Å². The monoisotopic (exact) mass is 547 g/mol. The molecule has 0 bridgehead atoms. The molecule has 3 aromatic rings. The van der Waals surface area contributed by atoms with Crippen LogP contribution in [0.5, 0.6) is 11.5 Å². The van der Waals surface area contributed by atoms with E-state index in [1.54, 1.807) is 17.0 Å². The highest BCUT2D eigenvalue weighted by Gasteiger charge is 2.29. The summed E-state index contributed by atoms with van der Waals surface area (Å²) < 4.78 is 43.7. The highest BCUT2D eigenvalue weighted by Crippen LogP contribution is 2.33. The summed E-state index contributed by atoms with van der Waals surface area (Å²) in [6.45, 7) is 0.207. The number of benzene rings is 2. The Labute approximate surface area is 218 Å². The number of thiophene rings is 1. The normalized spacial score (nSPS) is 12.6. The van der Waals surface area contributed by atoms with E-state index in [9.17, 15) is 23.3 Å². The number of ether oxygens (including phenoxy) is 3. The molecule has 11 nitrogen and oxygen atoms in total. The molecule has 0 aliphatic carbocycles. The topological polar surface area (TPSA) is 129 Å². The van der Waals surface area contributed by atoms with E-state index in [1.165, 1.54) is 18.4 Å². The second-order valence-corrected chi connectivity index (χ2v) is 11.1. The molecule has 196 valence electrons. The Hall–Kier alpha value is -3.52. The van der Waals surface area contributed by atoms with Gasteiger partial charge in [0.1, 0.15) is 0 Å². The number of hydrogen-bond acceptors (Lipinski definition) is 9. The summed E-state index contributed by atoms with van der Waals surface area (Å²) in [4.78, 5) is 26.3. The van der Waals surface area contributed by atoms with E-state index in [0.29, 0.717) is 18.0 Å². The fourth-order valence-corrected chi connectivity index (χ4v) is 5.79. The molecule has 1 aliphatic rings. The van der Waals surface area contributed by atoms with Gasteiger partial charge >= 0.3 is 0 Å². The molecule has 0 radical (unpaired) electrons. The SMILES string of the molecule is COCCN(CC(=O)N(Cc1ccc2c(c1)OCO2)Cc1cccs1)S(=O)(=O)c1ccc([N+](=O)[O-])cc1. The summed E-state index contributed by atoms with van der Waals surface area (Å²) in [5, 5.41) is 12.9. The van der Waals surface area contributed by atoms with Crippen LogP contribution in [0.1, 0.15) is 10.4 Å². The van der Waals surface area contributed by atoms with Crippen LogP contribution >= 0.6 is 11.3 Å². The smallest absolute Gasteiger partial charge is 0.269 e. The Morgan fingerprint density at radius 2 is 1.86 bits per heavy atom. The molecule has 1 aliphatic heterocycles. The van der Waals surface area contributed by atoms with Gasteiger partial charge in [0.05, 0.1) is 29.5 Å². The standard InChI is InChI=1S/C24H25N3O8S2/c1-33-11-10-26(37(31,32)21-7-5-19(6-8-21)27(29)30)16-24(28)25(15-20-3-2-12-36-20)14-18-4-9-22-23(13-18)35-17-34-22/h2-9,12-13H,10-11,14-17H2,1H3. The van der Waals surface area contributed by atoms with Crippen molar-refractivity contribution in [3.05, 3.63) is 80.5 Å². The number of nitrogens with zero attached hydrogens (tertiary/aromatic N) is 3. The fourth-order valence-electron chi connectivity index (χ4n) is 3.70. The number of hydrogen-bond donors (Lipinski definition) is 0. The van der Waals surface area contributed by atoms with Crippen molar-refractivity contribution in [3.8, 4) is 11.5 Å². The van der Waals surface area contributed by atoms with Gasteiger partial charge in [0, 0.05) is 37.2 Å². The number of rotatable bonds is 12. The molecule has 37 heavy (non-hydrogen) atoms. The van der Waals surface area contributed by atoms with Crippen LogP contribution in [0.2, 0.25) is 0 Å². The predicted molar refractivity (Wildman–Crippen MR) is 135 cm³/mol. The van der Waals surface area contributed by atoms with Gasteiger partial charge in [0.25, 0.3) is 5.69 Å². The first-order valence-electron chi connectivity index (χ1n) is 11.2. The predicted octanol–water partition coefficient (Wildman–Crippen LogP) is 3.25. The van der Waals surface area contributed by atoms with Crippen molar-refractivity contribution in [2.75, 3.05) is 33.6 Å². The highest BCUT2D eigenvalue weighted by molar-refractivity contribution is 7.89. The summed E-state index contributed by atoms with van der Waals surface area (Å²) in [5.74, 6) is 0.802. The van der Waals surface area contributed by atoms with Crippen molar-refractivity contribution < 1.29 is 32.3 Å². The van der Waals surface area contributed by atoms with E-state index >= 15 is 0 Å². The van der Waals surface area contributed by atoms with Gasteiger partial charge in [-0.15, -0.1) is 11.3 Å². The molecule has 0 atom stereocenters. The molecule has 2 aromatic carbocycles. The van der Waals surface area contributed by atoms with E-state index in [2.05, 4.69) is 0 Å². The molecule has 4 rings (SSSR count). The molecular weight excluding hydrogens is 522 g/mol. The van der Waals surface area contributed by atoms with Crippen LogP contribution in [0.4, 0.5) is 5.69 Å². The Kier molecular flexibility index (Phi) is 8.38. The van der Waals surface area contributed by atoms with Crippen LogP contribution in [0.15, 0.2) is 64.9 Å². The zero-order valence-electron chi connectivity index (χ0n) is 19.9. The Morgan fingerprint density at radius 1 is 1.11 bits per heavy atom. The van der Waals surface area contributed by atoms with Gasteiger partial charge in [-0.1, -0.05) is 12.1 Å². The van der Waals surface area contributed by atoms with Gasteiger partial charge in [0.2, 0.25) is 22.7 Å². The van der Waals surface area contributed by atoms with Crippen molar-refractivity contribution >= 4 is 33.0 Å². The first kappa shape index (κ1) is 26.5. The number of non-ortho nitro benzene ring substituents is 1. The zero-order chi connectivity index (χ0) is 26.4. The minimum absolute atomic E-state index is 0.0621. The van der Waals surface area contributed by atoms with E-state index in [1.807, 2.05) is 23.6 Å². The quantitative estimate of drug-likeness (QED) is 0.250. The summed E-state index contributed by atoms with van der Waals surface area (Å²) in [7, 11) is -2.71. The van der Waals surface area contributed by atoms with Crippen molar-refractivity contribution in [1.82, 2.24) is 9.21 Å². The largest absolute Gasteiger partial charge is 0.454 e. The van der Waals surface area contributed by atoms with E-state index in [4.69, 9.17) is 14.2 Å². The first-order chi connectivity index (χ1) is 17.8. The second-order valence-electron chi connectivity index (χ2n) is 8.10. The van der Waals surface area contributed by atoms with Crippen LogP contribution in [-0.4, -0.2) is 62.1 Å². The minimum Gasteiger partial charge on any atom is -0.454 e. The van der Waals surface area contributed by atoms with E-state index < -0.39 is 27.4 Å². The van der Waals surface area contributed by atoms with Crippen molar-refractivity contribution in [2.24, 2.45) is 0 Å². The number of nitro groups is 1. The Balaban J connectivity index is 1.58. The lowest BCUT2D eigenvalue weighted by Gasteiger charge is -2.27. The van der Waals surface area contributed by atoms with Crippen LogP contribution in [0.3, 0.4) is 0 Å². The summed E-state index contributed by atoms with van der Waals surface area (Å²) in [6, 6.07) is 13.7. The molecule has 0 N–H and O–H groups in total. The van der Waals surface area contributed by atoms with Crippen LogP contribution < -0.4 is 9.47 Å². The maximum Gasteiger partial charge on any atom is 0.269 e. The third kappa shape index (κ3) is 6.43. The number of amides is 1. The molecule has 0 fully saturated rings. The number of nitro benzene ring substituents is 1. The molecule has 13 heteroatoms. The maximum atomic E-state index is 13.5. The molecule has 1 amide bonds. The van der Waals surface area contributed by atoms with E-state index in [-0.39, 0.29) is 37.1 Å². The molecule has 0 saturated carbocycles. The van der Waals surface area contributed by atoms with Gasteiger partial charge < -0.3 is 19.1 Å². The maximum absolute atomic E-state index is 13.5. The second kappa shape index (κ2) is 11.7. The van der Waals surface area contributed by atoms with Crippen LogP contribution in [0, 0.1) is 10.1 Å². The summed E-state index contributed by atoms with van der Waals surface area (Å²) in [6.07, 6.45) is 0. The Bertz CT molecular complexity index is 1340. The van der Waals surface area contributed by atoms with E-state index in [0.717, 1.165) is 39.0 Å². The zero-order valence-corrected chi connectivity index (χ0v) is 21.6. The number of methoxy groups -OCH3 is 1. The van der Waals surface area contributed by atoms with Gasteiger partial charge in [0.15, 0.2) is 11.5 Å². The van der Waals surface area contributed by atoms with Gasteiger partial charge in [-0.2, -0.15) is 4.31 Å². The molecule has 1 aromatic heterocycles. The first-order valence-corrected chi connectivity index (χ1v) is 13.5. The van der Waals surface area contributed by atoms with Crippen molar-refractivity contribution in [2.45, 2.75) is 18.0 Å². The molecule has 0 spiro atoms. The number of fused-ring (bicyclic) bond motifs is 1. The molecule has 0 unspecified atom stereocenters. The Morgan fingerprint density at radius 3 is 2.54 bits per heavy atom. The molecule has 0 saturated heterocycles. The minimum atomic E-state index is -4.14. The third-order valence-electron chi connectivity index (χ3n) is 5.63. The average molecular weight is 548 g/mol. The highest BCUT2D eigenvalue weighted by atomic mass is 32.2. The fraction of sp³-hybridized carbons (Fsp3) is 0.292. The lowest BCUT2D eigenvalue weighted by atomic mass is 10.2. The molecular formula is C24H25N3O8S2. The van der Waals surface area contributed by atoms with Crippen LogP contribution in [0.25, 0.3) is 0 Å². The number of carbonyl (C=O) groups is 1. The van der Waals surface area contributed by atoms with Crippen molar-refractivity contribution in [1.29, 1.82) is 0 Å². The lowest BCUT2D eigenvalue weighted by molar-refractivity contribution is -0.384. The average Bonchev–Trinajstić information content (AvgIpc) is 3.57. The van der Waals surface area contributed by atoms with Gasteiger partial charge in [-0.05, 0) is 41.3 Å². The van der Waals surface area contributed by atoms with Crippen LogP contribution in [-0.2, 0) is 32.6 Å². The number of sulfonamides is 1. The summed E-state index contributed by atoms with van der Waals surface area (Å²) in [5.41, 5.74) is 0.570.